The molecule has 1 aromatic carbocycles. The van der Waals surface area contributed by atoms with Gasteiger partial charge >= 0.3 is 6.18 Å². The molecule has 0 fully saturated rings. The van der Waals surface area contributed by atoms with E-state index < -0.39 is 33.9 Å². The van der Waals surface area contributed by atoms with Crippen molar-refractivity contribution in [1.82, 2.24) is 19.9 Å². The van der Waals surface area contributed by atoms with Crippen LogP contribution < -0.4 is 10.0 Å². The van der Waals surface area contributed by atoms with Gasteiger partial charge in [0.25, 0.3) is 5.91 Å². The van der Waals surface area contributed by atoms with Crippen molar-refractivity contribution in [3.63, 3.8) is 0 Å². The lowest BCUT2D eigenvalue weighted by Gasteiger charge is -2.06. The Bertz CT molecular complexity index is 848. The van der Waals surface area contributed by atoms with Crippen LogP contribution in [0.2, 0.25) is 0 Å². The number of sulfonamides is 1. The van der Waals surface area contributed by atoms with Crippen LogP contribution in [0.3, 0.4) is 0 Å². The van der Waals surface area contributed by atoms with Crippen molar-refractivity contribution < 1.29 is 26.4 Å². The lowest BCUT2D eigenvalue weighted by molar-refractivity contribution is -0.144. The highest BCUT2D eigenvalue weighted by molar-refractivity contribution is 7.89. The number of carbonyl (C=O) groups is 1. The van der Waals surface area contributed by atoms with Gasteiger partial charge in [-0.3, -0.25) is 15.2 Å². The van der Waals surface area contributed by atoms with E-state index in [1.165, 1.54) is 18.2 Å². The molecule has 12 heteroatoms. The Balaban J connectivity index is 2.20. The second-order valence-electron chi connectivity index (χ2n) is 4.49. The zero-order valence-corrected chi connectivity index (χ0v) is 13.0. The molecule has 0 aliphatic rings. The number of carbonyl (C=O) groups excluding carboxylic acids is 1. The third-order valence-electron chi connectivity index (χ3n) is 2.72. The molecule has 0 unspecified atom stereocenters. The first-order valence-corrected chi connectivity index (χ1v) is 8.02. The van der Waals surface area contributed by atoms with Crippen LogP contribution in [0.15, 0.2) is 29.2 Å². The maximum atomic E-state index is 12.4. The molecular weight excluding hydrogens is 351 g/mol. The van der Waals surface area contributed by atoms with Crippen LogP contribution in [0, 0.1) is 0 Å². The minimum absolute atomic E-state index is 0.0765. The first-order valence-electron chi connectivity index (χ1n) is 6.54. The minimum atomic E-state index is -4.73. The van der Waals surface area contributed by atoms with Crippen LogP contribution in [-0.2, 0) is 16.2 Å². The van der Waals surface area contributed by atoms with Gasteiger partial charge in [-0.15, -0.1) is 5.10 Å². The summed E-state index contributed by atoms with van der Waals surface area (Å²) in [4.78, 5) is 15.0. The predicted molar refractivity (Wildman–Crippen MR) is 76.6 cm³/mol. The van der Waals surface area contributed by atoms with E-state index in [9.17, 15) is 26.4 Å². The summed E-state index contributed by atoms with van der Waals surface area (Å²) in [5.41, 5.74) is -0.0765. The van der Waals surface area contributed by atoms with Crippen molar-refractivity contribution in [3.05, 3.63) is 35.7 Å². The highest BCUT2D eigenvalue weighted by Gasteiger charge is 2.35. The highest BCUT2D eigenvalue weighted by atomic mass is 32.2. The van der Waals surface area contributed by atoms with Crippen molar-refractivity contribution >= 4 is 21.9 Å². The number of anilines is 1. The van der Waals surface area contributed by atoms with Crippen LogP contribution >= 0.6 is 0 Å². The van der Waals surface area contributed by atoms with Gasteiger partial charge in [0.05, 0.1) is 4.90 Å². The number of benzene rings is 1. The fourth-order valence-corrected chi connectivity index (χ4v) is 2.78. The average molecular weight is 363 g/mol. The number of amides is 1. The Kier molecular flexibility index (Phi) is 4.89. The van der Waals surface area contributed by atoms with E-state index in [0.717, 1.165) is 6.07 Å². The number of hydrogen-bond donors (Lipinski definition) is 3. The molecule has 0 saturated carbocycles. The maximum absolute atomic E-state index is 12.4. The molecule has 0 spiro atoms. The molecule has 0 radical (unpaired) electrons. The monoisotopic (exact) mass is 363 g/mol. The molecule has 1 aromatic heterocycles. The van der Waals surface area contributed by atoms with Crippen molar-refractivity contribution in [2.75, 3.05) is 11.9 Å². The fourth-order valence-electron chi connectivity index (χ4n) is 1.70. The Morgan fingerprint density at radius 1 is 1.33 bits per heavy atom. The second kappa shape index (κ2) is 6.57. The summed E-state index contributed by atoms with van der Waals surface area (Å²) in [7, 11) is -3.77. The fraction of sp³-hybridized carbons (Fsp3) is 0.250. The van der Waals surface area contributed by atoms with Crippen LogP contribution in [0.1, 0.15) is 23.1 Å². The van der Waals surface area contributed by atoms with Crippen LogP contribution in [0.5, 0.6) is 0 Å². The Morgan fingerprint density at radius 2 is 2.04 bits per heavy atom. The Hall–Kier alpha value is -2.47. The zero-order valence-electron chi connectivity index (χ0n) is 12.2. The van der Waals surface area contributed by atoms with Crippen molar-refractivity contribution in [2.45, 2.75) is 18.0 Å². The van der Waals surface area contributed by atoms with Gasteiger partial charge in [0, 0.05) is 12.1 Å². The van der Waals surface area contributed by atoms with Gasteiger partial charge in [-0.25, -0.2) is 13.1 Å². The topological polar surface area (TPSA) is 117 Å². The third kappa shape index (κ3) is 4.08. The lowest BCUT2D eigenvalue weighted by Crippen LogP contribution is -2.23. The smallest absolute Gasteiger partial charge is 0.289 e. The average Bonchev–Trinajstić information content (AvgIpc) is 2.96. The number of rotatable bonds is 5. The molecule has 0 bridgehead atoms. The number of halogens is 3. The molecule has 0 aliphatic heterocycles. The van der Waals surface area contributed by atoms with Crippen LogP contribution in [-0.4, -0.2) is 36.1 Å². The molecule has 130 valence electrons. The Labute approximate surface area is 134 Å². The number of H-pyrrole nitrogens is 1. The molecule has 24 heavy (non-hydrogen) atoms. The molecule has 2 aromatic rings. The van der Waals surface area contributed by atoms with Crippen molar-refractivity contribution in [1.29, 1.82) is 0 Å². The molecule has 0 saturated heterocycles. The number of hydrogen-bond acceptors (Lipinski definition) is 5. The van der Waals surface area contributed by atoms with E-state index in [0.29, 0.717) is 0 Å². The van der Waals surface area contributed by atoms with E-state index in [2.05, 4.69) is 20.1 Å². The number of aromatic nitrogens is 3. The van der Waals surface area contributed by atoms with Gasteiger partial charge in [0.1, 0.15) is 0 Å². The number of alkyl halides is 3. The maximum Gasteiger partial charge on any atom is 0.451 e. The lowest BCUT2D eigenvalue weighted by atomic mass is 10.2. The molecule has 2 rings (SSSR count). The first kappa shape index (κ1) is 17.9. The van der Waals surface area contributed by atoms with E-state index >= 15 is 0 Å². The highest BCUT2D eigenvalue weighted by Crippen LogP contribution is 2.26. The molecule has 0 atom stereocenters. The summed E-state index contributed by atoms with van der Waals surface area (Å²) in [6, 6.07) is 5.00. The summed E-state index contributed by atoms with van der Waals surface area (Å²) in [5.74, 6) is -2.79. The Morgan fingerprint density at radius 3 is 2.62 bits per heavy atom. The summed E-state index contributed by atoms with van der Waals surface area (Å²) in [6.45, 7) is 1.76. The van der Waals surface area contributed by atoms with Crippen molar-refractivity contribution in [3.8, 4) is 0 Å². The van der Waals surface area contributed by atoms with Gasteiger partial charge in [0.15, 0.2) is 0 Å². The van der Waals surface area contributed by atoms with E-state index in [1.807, 2.05) is 0 Å². The van der Waals surface area contributed by atoms with Crippen LogP contribution in [0.4, 0.5) is 19.1 Å². The number of nitrogens with one attached hydrogen (secondary N) is 3. The molecule has 8 nitrogen and oxygen atoms in total. The van der Waals surface area contributed by atoms with Gasteiger partial charge in [-0.05, 0) is 18.2 Å². The minimum Gasteiger partial charge on any atom is -0.289 e. The number of nitrogens with zero attached hydrogens (tertiary/aromatic N) is 2. The standard InChI is InChI=1S/C12H12F3N5O3S/c1-2-16-24(22,23)8-5-3-4-7(6-8)9(21)17-11-18-10(19-20-11)12(13,14)15/h3-6,16H,2H2,1H3,(H2,17,18,19,20,21). The van der Waals surface area contributed by atoms with Crippen LogP contribution in [0.25, 0.3) is 0 Å². The zero-order chi connectivity index (χ0) is 18.0. The van der Waals surface area contributed by atoms with E-state index in [-0.39, 0.29) is 17.0 Å². The molecule has 1 heterocycles. The number of aromatic amines is 1. The molecule has 1 amide bonds. The van der Waals surface area contributed by atoms with Gasteiger partial charge in [0.2, 0.25) is 21.8 Å². The van der Waals surface area contributed by atoms with Gasteiger partial charge in [-0.2, -0.15) is 18.2 Å². The summed E-state index contributed by atoms with van der Waals surface area (Å²) in [6.07, 6.45) is -4.73. The molecule has 0 aliphatic carbocycles. The predicted octanol–water partition coefficient (Wildman–Crippen LogP) is 1.37. The molecular formula is C12H12F3N5O3S. The van der Waals surface area contributed by atoms with Gasteiger partial charge in [-0.1, -0.05) is 13.0 Å². The molecule has 3 N–H and O–H groups in total. The SMILES string of the molecule is CCNS(=O)(=O)c1cccc(C(=O)Nc2n[nH]c(C(F)(F)F)n2)c1. The first-order chi connectivity index (χ1) is 11.1. The normalized spacial score (nSPS) is 12.2. The van der Waals surface area contributed by atoms with E-state index in [1.54, 1.807) is 12.0 Å². The van der Waals surface area contributed by atoms with Gasteiger partial charge < -0.3 is 0 Å². The van der Waals surface area contributed by atoms with E-state index in [4.69, 9.17) is 0 Å². The second-order valence-corrected chi connectivity index (χ2v) is 6.26. The third-order valence-corrected chi connectivity index (χ3v) is 4.26. The summed E-state index contributed by atoms with van der Waals surface area (Å²) >= 11 is 0. The quantitative estimate of drug-likeness (QED) is 0.742. The summed E-state index contributed by atoms with van der Waals surface area (Å²) < 4.78 is 63.2. The summed E-state index contributed by atoms with van der Waals surface area (Å²) in [5, 5.41) is 6.93. The largest absolute Gasteiger partial charge is 0.451 e. The van der Waals surface area contributed by atoms with Crippen molar-refractivity contribution in [2.24, 2.45) is 0 Å².